The molecule has 3 aromatic rings. The van der Waals surface area contributed by atoms with E-state index < -0.39 is 11.8 Å². The van der Waals surface area contributed by atoms with Crippen molar-refractivity contribution in [2.45, 2.75) is 13.0 Å². The van der Waals surface area contributed by atoms with Gasteiger partial charge < -0.3 is 16.2 Å². The molecule has 0 bridgehead atoms. The fraction of sp³-hybridized carbons (Fsp3) is 0.115. The van der Waals surface area contributed by atoms with Gasteiger partial charge >= 0.3 is 5.97 Å². The number of thiocarbonyl (C=S) groups is 1. The van der Waals surface area contributed by atoms with Gasteiger partial charge in [0.1, 0.15) is 10.1 Å². The lowest BCUT2D eigenvalue weighted by Crippen LogP contribution is -2.31. The number of hydrogen-bond donors (Lipinski definition) is 3. The van der Waals surface area contributed by atoms with Gasteiger partial charge in [0.05, 0.1) is 21.9 Å². The molecule has 0 unspecified atom stereocenters. The van der Waals surface area contributed by atoms with Crippen LogP contribution in [0.25, 0.3) is 17.3 Å². The summed E-state index contributed by atoms with van der Waals surface area (Å²) in [5.74, 6) is -2.14. The Labute approximate surface area is 221 Å². The molecule has 2 amide bonds. The first-order valence-corrected chi connectivity index (χ1v) is 12.3. The first kappa shape index (κ1) is 26.1. The second-order valence-corrected chi connectivity index (χ2v) is 9.64. The van der Waals surface area contributed by atoms with Crippen molar-refractivity contribution in [2.75, 3.05) is 11.9 Å². The number of carboxylic acid groups (broad SMARTS) is 1. The molecular weight excluding hydrogens is 515 g/mol. The first-order valence-electron chi connectivity index (χ1n) is 11.1. The molecule has 2 aromatic carbocycles. The maximum atomic E-state index is 13.8. The molecule has 0 aliphatic carbocycles. The molecule has 4 N–H and O–H groups in total. The predicted molar refractivity (Wildman–Crippen MR) is 144 cm³/mol. The zero-order valence-electron chi connectivity index (χ0n) is 19.3. The van der Waals surface area contributed by atoms with Crippen LogP contribution in [0.3, 0.4) is 0 Å². The standard InChI is InChI=1S/C26H21FN4O4S2/c27-17-7-4-16(14-28)20(12-17)21-3-1-2-19(29-21)13-22-24(33)31(26(36)37-22)11-10-23(32)30-18-8-5-15(6-9-18)25(34)35/h1-9,12-13H,10-11,14,28H2,(H,30,32)(H,34,35)/b22-13-. The van der Waals surface area contributed by atoms with E-state index in [1.807, 2.05) is 0 Å². The van der Waals surface area contributed by atoms with Crippen LogP contribution in [0.4, 0.5) is 10.1 Å². The van der Waals surface area contributed by atoms with Crippen molar-refractivity contribution in [3.05, 3.63) is 88.2 Å². The zero-order valence-corrected chi connectivity index (χ0v) is 20.9. The molecule has 1 aliphatic heterocycles. The molecule has 37 heavy (non-hydrogen) atoms. The number of benzene rings is 2. The number of nitrogens with one attached hydrogen (secondary N) is 1. The number of aromatic nitrogens is 1. The minimum Gasteiger partial charge on any atom is -0.478 e. The van der Waals surface area contributed by atoms with Crippen LogP contribution in [0.1, 0.15) is 28.0 Å². The molecule has 1 saturated heterocycles. The van der Waals surface area contributed by atoms with Gasteiger partial charge in [0, 0.05) is 30.8 Å². The van der Waals surface area contributed by atoms with Gasteiger partial charge in [0.2, 0.25) is 5.91 Å². The van der Waals surface area contributed by atoms with Gasteiger partial charge in [-0.2, -0.15) is 0 Å². The Morgan fingerprint density at radius 1 is 1.16 bits per heavy atom. The van der Waals surface area contributed by atoms with Crippen molar-refractivity contribution in [1.82, 2.24) is 9.88 Å². The minimum absolute atomic E-state index is 0.00439. The summed E-state index contributed by atoms with van der Waals surface area (Å²) >= 11 is 6.45. The monoisotopic (exact) mass is 536 g/mol. The molecule has 4 rings (SSSR count). The van der Waals surface area contributed by atoms with Gasteiger partial charge in [0.25, 0.3) is 5.91 Å². The van der Waals surface area contributed by atoms with Crippen LogP contribution in [-0.4, -0.2) is 43.6 Å². The normalized spacial score (nSPS) is 14.3. The Morgan fingerprint density at radius 3 is 2.62 bits per heavy atom. The number of anilines is 1. The second kappa shape index (κ2) is 11.4. The van der Waals surface area contributed by atoms with Crippen LogP contribution in [0, 0.1) is 5.82 Å². The number of nitrogens with zero attached hydrogens (tertiary/aromatic N) is 2. The van der Waals surface area contributed by atoms with E-state index in [0.717, 1.165) is 17.3 Å². The number of carbonyl (C=O) groups excluding carboxylic acids is 2. The van der Waals surface area contributed by atoms with E-state index in [4.69, 9.17) is 23.1 Å². The third-order valence-electron chi connectivity index (χ3n) is 5.47. The summed E-state index contributed by atoms with van der Waals surface area (Å²) in [6.07, 6.45) is 1.60. The molecule has 8 nitrogen and oxygen atoms in total. The van der Waals surface area contributed by atoms with Gasteiger partial charge in [-0.15, -0.1) is 0 Å². The van der Waals surface area contributed by atoms with Crippen LogP contribution >= 0.6 is 24.0 Å². The topological polar surface area (TPSA) is 126 Å². The summed E-state index contributed by atoms with van der Waals surface area (Å²) in [5, 5.41) is 11.6. The van der Waals surface area contributed by atoms with Crippen molar-refractivity contribution in [1.29, 1.82) is 0 Å². The average molecular weight is 537 g/mol. The molecule has 0 atom stereocenters. The minimum atomic E-state index is -1.06. The number of rotatable bonds is 8. The summed E-state index contributed by atoms with van der Waals surface area (Å²) < 4.78 is 14.2. The number of pyridine rings is 1. The molecule has 1 fully saturated rings. The van der Waals surface area contributed by atoms with Crippen LogP contribution in [0.2, 0.25) is 0 Å². The van der Waals surface area contributed by atoms with Crippen LogP contribution in [0.5, 0.6) is 0 Å². The van der Waals surface area contributed by atoms with Crippen molar-refractivity contribution >= 4 is 57.8 Å². The third-order valence-corrected chi connectivity index (χ3v) is 6.85. The molecule has 1 aliphatic rings. The van der Waals surface area contributed by atoms with Gasteiger partial charge in [0.15, 0.2) is 0 Å². The Balaban J connectivity index is 1.42. The number of thioether (sulfide) groups is 1. The highest BCUT2D eigenvalue weighted by atomic mass is 32.2. The highest BCUT2D eigenvalue weighted by Gasteiger charge is 2.32. The van der Waals surface area contributed by atoms with E-state index in [-0.39, 0.29) is 36.9 Å². The number of halogens is 1. The summed E-state index contributed by atoms with van der Waals surface area (Å²) in [6.45, 7) is 0.305. The number of carbonyl (C=O) groups is 3. The molecule has 0 spiro atoms. The molecule has 188 valence electrons. The highest BCUT2D eigenvalue weighted by molar-refractivity contribution is 8.26. The summed E-state index contributed by atoms with van der Waals surface area (Å²) in [4.78, 5) is 42.5. The van der Waals surface area contributed by atoms with Crippen molar-refractivity contribution in [3.8, 4) is 11.3 Å². The Hall–Kier alpha value is -3.93. The van der Waals surface area contributed by atoms with Gasteiger partial charge in [-0.05, 0) is 60.2 Å². The van der Waals surface area contributed by atoms with Gasteiger partial charge in [-0.1, -0.05) is 36.1 Å². The number of hydrogen-bond acceptors (Lipinski definition) is 7. The molecule has 2 heterocycles. The van der Waals surface area contributed by atoms with E-state index in [9.17, 15) is 18.8 Å². The lowest BCUT2D eigenvalue weighted by atomic mass is 10.0. The first-order chi connectivity index (χ1) is 17.7. The maximum Gasteiger partial charge on any atom is 0.335 e. The number of carboxylic acids is 1. The Morgan fingerprint density at radius 2 is 1.92 bits per heavy atom. The zero-order chi connectivity index (χ0) is 26.5. The van der Waals surface area contributed by atoms with Crippen molar-refractivity contribution < 1.29 is 23.9 Å². The van der Waals surface area contributed by atoms with Gasteiger partial charge in [-0.25, -0.2) is 14.2 Å². The largest absolute Gasteiger partial charge is 0.478 e. The SMILES string of the molecule is NCc1ccc(F)cc1-c1cccc(/C=C2\SC(=S)N(CCC(=O)Nc3ccc(C(=O)O)cc3)C2=O)n1. The van der Waals surface area contributed by atoms with Crippen LogP contribution in [-0.2, 0) is 16.1 Å². The smallest absolute Gasteiger partial charge is 0.335 e. The fourth-order valence-corrected chi connectivity index (χ4v) is 4.90. The van der Waals surface area contributed by atoms with Crippen LogP contribution < -0.4 is 11.1 Å². The van der Waals surface area contributed by atoms with Crippen molar-refractivity contribution in [2.24, 2.45) is 5.73 Å². The summed E-state index contributed by atoms with van der Waals surface area (Å²) in [6, 6.07) is 15.3. The van der Waals surface area contributed by atoms with E-state index in [2.05, 4.69) is 10.3 Å². The predicted octanol–water partition coefficient (Wildman–Crippen LogP) is 4.27. The van der Waals surface area contributed by atoms with E-state index in [0.29, 0.717) is 31.9 Å². The summed E-state index contributed by atoms with van der Waals surface area (Å²) in [5.41, 5.74) is 8.68. The van der Waals surface area contributed by atoms with Crippen LogP contribution in [0.15, 0.2) is 65.6 Å². The number of aromatic carboxylic acids is 1. The quantitative estimate of drug-likeness (QED) is 0.288. The number of nitrogens with two attached hydrogens (primary N) is 1. The Kier molecular flexibility index (Phi) is 8.07. The third kappa shape index (κ3) is 6.26. The Bertz CT molecular complexity index is 1430. The van der Waals surface area contributed by atoms with Gasteiger partial charge in [-0.3, -0.25) is 14.5 Å². The summed E-state index contributed by atoms with van der Waals surface area (Å²) in [7, 11) is 0. The molecule has 0 saturated carbocycles. The van der Waals surface area contributed by atoms with Crippen molar-refractivity contribution in [3.63, 3.8) is 0 Å². The van der Waals surface area contributed by atoms with E-state index in [1.54, 1.807) is 30.3 Å². The average Bonchev–Trinajstić information content (AvgIpc) is 3.14. The lowest BCUT2D eigenvalue weighted by Gasteiger charge is -2.14. The fourth-order valence-electron chi connectivity index (χ4n) is 3.61. The molecule has 0 radical (unpaired) electrons. The molecule has 11 heteroatoms. The van der Waals surface area contributed by atoms with E-state index >= 15 is 0 Å². The highest BCUT2D eigenvalue weighted by Crippen LogP contribution is 2.33. The number of amides is 2. The van der Waals surface area contributed by atoms with E-state index in [1.165, 1.54) is 41.3 Å². The second-order valence-electron chi connectivity index (χ2n) is 7.97. The molecule has 1 aromatic heterocycles. The molecular formula is C26H21FN4O4S2. The lowest BCUT2D eigenvalue weighted by molar-refractivity contribution is -0.122. The maximum absolute atomic E-state index is 13.8.